The number of benzene rings is 1. The summed E-state index contributed by atoms with van der Waals surface area (Å²) in [7, 11) is 1.69. The van der Waals surface area contributed by atoms with Crippen molar-refractivity contribution >= 4 is 11.6 Å². The lowest BCUT2D eigenvalue weighted by molar-refractivity contribution is 0.0693. The van der Waals surface area contributed by atoms with E-state index in [1.54, 1.807) is 7.11 Å². The minimum atomic E-state index is 0.549. The first-order valence-corrected chi connectivity index (χ1v) is 7.25. The molecule has 106 valence electrons. The second-order valence-electron chi connectivity index (χ2n) is 4.93. The zero-order valence-electron chi connectivity index (χ0n) is 11.5. The van der Waals surface area contributed by atoms with Crippen LogP contribution in [0.4, 0.5) is 0 Å². The number of halogens is 1. The van der Waals surface area contributed by atoms with Gasteiger partial charge in [0.15, 0.2) is 0 Å². The Morgan fingerprint density at radius 3 is 2.89 bits per heavy atom. The van der Waals surface area contributed by atoms with Crippen LogP contribution in [-0.2, 0) is 22.3 Å². The molecule has 1 aliphatic carbocycles. The van der Waals surface area contributed by atoms with Crippen LogP contribution in [0, 0.1) is 0 Å². The molecular weight excluding hydrogens is 262 g/mol. The van der Waals surface area contributed by atoms with E-state index >= 15 is 0 Å². The Labute approximate surface area is 120 Å². The highest BCUT2D eigenvalue weighted by molar-refractivity contribution is 6.30. The Morgan fingerprint density at radius 2 is 2.05 bits per heavy atom. The van der Waals surface area contributed by atoms with Gasteiger partial charge in [0.25, 0.3) is 0 Å². The molecule has 1 unspecified atom stereocenters. The monoisotopic (exact) mass is 283 g/mol. The predicted octanol–water partition coefficient (Wildman–Crippen LogP) is 2.45. The van der Waals surface area contributed by atoms with Gasteiger partial charge in [-0.15, -0.1) is 0 Å². The normalized spacial score (nSPS) is 17.7. The number of hydrogen-bond donors (Lipinski definition) is 1. The quantitative estimate of drug-likeness (QED) is 0.744. The average Bonchev–Trinajstić information content (AvgIpc) is 2.79. The van der Waals surface area contributed by atoms with Gasteiger partial charge in [-0.3, -0.25) is 0 Å². The van der Waals surface area contributed by atoms with Crippen LogP contribution in [0.2, 0.25) is 5.02 Å². The molecule has 4 heteroatoms. The number of ether oxygens (including phenoxy) is 2. The van der Waals surface area contributed by atoms with Crippen LogP contribution in [0.15, 0.2) is 18.2 Å². The van der Waals surface area contributed by atoms with E-state index in [1.807, 2.05) is 6.07 Å². The van der Waals surface area contributed by atoms with E-state index in [0.717, 1.165) is 37.4 Å². The highest BCUT2D eigenvalue weighted by Crippen LogP contribution is 2.25. The van der Waals surface area contributed by atoms with Gasteiger partial charge in [0.1, 0.15) is 0 Å². The van der Waals surface area contributed by atoms with Crippen LogP contribution in [0.3, 0.4) is 0 Å². The van der Waals surface area contributed by atoms with Crippen molar-refractivity contribution in [3.05, 3.63) is 34.3 Å². The number of rotatable bonds is 8. The van der Waals surface area contributed by atoms with Crippen molar-refractivity contribution in [2.24, 2.45) is 0 Å². The smallest absolute Gasteiger partial charge is 0.0700 e. The summed E-state index contributed by atoms with van der Waals surface area (Å²) in [5, 5.41) is 4.42. The third-order valence-electron chi connectivity index (χ3n) is 3.43. The summed E-state index contributed by atoms with van der Waals surface area (Å²) in [5.41, 5.74) is 2.82. The summed E-state index contributed by atoms with van der Waals surface area (Å²) in [5.74, 6) is 0. The van der Waals surface area contributed by atoms with E-state index in [9.17, 15) is 0 Å². The second-order valence-corrected chi connectivity index (χ2v) is 5.37. The molecule has 0 radical (unpaired) electrons. The van der Waals surface area contributed by atoms with E-state index in [4.69, 9.17) is 21.1 Å². The van der Waals surface area contributed by atoms with Gasteiger partial charge in [0.05, 0.1) is 13.2 Å². The third kappa shape index (κ3) is 4.77. The van der Waals surface area contributed by atoms with Crippen LogP contribution in [0.5, 0.6) is 0 Å². The lowest BCUT2D eigenvalue weighted by Gasteiger charge is -2.11. The first-order valence-electron chi connectivity index (χ1n) is 6.87. The standard InChI is InChI=1S/C15H22ClNO2/c1-18-7-8-19-6-2-5-17-15-10-12-3-4-14(16)9-13(12)11-15/h3-4,9,15,17H,2,5-8,10-11H2,1H3. The van der Waals surface area contributed by atoms with Gasteiger partial charge in [-0.2, -0.15) is 0 Å². The van der Waals surface area contributed by atoms with Gasteiger partial charge < -0.3 is 14.8 Å². The highest BCUT2D eigenvalue weighted by atomic mass is 35.5. The average molecular weight is 284 g/mol. The van der Waals surface area contributed by atoms with Crippen LogP contribution < -0.4 is 5.32 Å². The maximum absolute atomic E-state index is 6.01. The van der Waals surface area contributed by atoms with Crippen LogP contribution in [-0.4, -0.2) is 39.5 Å². The highest BCUT2D eigenvalue weighted by Gasteiger charge is 2.20. The lowest BCUT2D eigenvalue weighted by Crippen LogP contribution is -2.31. The van der Waals surface area contributed by atoms with Gasteiger partial charge in [-0.05, 0) is 49.1 Å². The molecule has 1 aromatic rings. The summed E-state index contributed by atoms with van der Waals surface area (Å²) in [6.07, 6.45) is 3.23. The fourth-order valence-electron chi connectivity index (χ4n) is 2.46. The molecule has 0 saturated carbocycles. The van der Waals surface area contributed by atoms with E-state index in [2.05, 4.69) is 17.4 Å². The van der Waals surface area contributed by atoms with Gasteiger partial charge in [-0.1, -0.05) is 17.7 Å². The molecule has 1 atom stereocenters. The fourth-order valence-corrected chi connectivity index (χ4v) is 2.65. The molecule has 2 rings (SSSR count). The van der Waals surface area contributed by atoms with E-state index < -0.39 is 0 Å². The summed E-state index contributed by atoms with van der Waals surface area (Å²) in [4.78, 5) is 0. The Kier molecular flexibility index (Phi) is 6.11. The summed E-state index contributed by atoms with van der Waals surface area (Å²) < 4.78 is 10.4. The van der Waals surface area contributed by atoms with Crippen molar-refractivity contribution in [2.75, 3.05) is 33.5 Å². The van der Waals surface area contributed by atoms with Crippen molar-refractivity contribution in [1.29, 1.82) is 0 Å². The Bertz CT molecular complexity index is 398. The molecule has 1 N–H and O–H groups in total. The van der Waals surface area contributed by atoms with E-state index in [-0.39, 0.29) is 0 Å². The van der Waals surface area contributed by atoms with Gasteiger partial charge in [0.2, 0.25) is 0 Å². The molecule has 3 nitrogen and oxygen atoms in total. The first-order chi connectivity index (χ1) is 9.29. The van der Waals surface area contributed by atoms with Crippen molar-refractivity contribution in [3.8, 4) is 0 Å². The molecule has 0 saturated heterocycles. The van der Waals surface area contributed by atoms with Crippen LogP contribution >= 0.6 is 11.6 Å². The molecule has 0 heterocycles. The lowest BCUT2D eigenvalue weighted by atomic mass is 10.1. The molecule has 0 fully saturated rings. The van der Waals surface area contributed by atoms with Crippen molar-refractivity contribution < 1.29 is 9.47 Å². The summed E-state index contributed by atoms with van der Waals surface area (Å²) >= 11 is 6.01. The largest absolute Gasteiger partial charge is 0.382 e. The maximum Gasteiger partial charge on any atom is 0.0700 e. The molecule has 0 spiro atoms. The zero-order valence-corrected chi connectivity index (χ0v) is 12.2. The Balaban J connectivity index is 1.59. The summed E-state index contributed by atoms with van der Waals surface area (Å²) in [6, 6.07) is 6.76. The van der Waals surface area contributed by atoms with E-state index in [1.165, 1.54) is 11.1 Å². The van der Waals surface area contributed by atoms with Crippen molar-refractivity contribution in [3.63, 3.8) is 0 Å². The minimum Gasteiger partial charge on any atom is -0.382 e. The zero-order chi connectivity index (χ0) is 13.5. The van der Waals surface area contributed by atoms with Crippen LogP contribution in [0.25, 0.3) is 0 Å². The molecule has 0 bridgehead atoms. The Morgan fingerprint density at radius 1 is 1.21 bits per heavy atom. The van der Waals surface area contributed by atoms with Crippen molar-refractivity contribution in [1.82, 2.24) is 5.32 Å². The second kappa shape index (κ2) is 7.85. The van der Waals surface area contributed by atoms with Gasteiger partial charge >= 0.3 is 0 Å². The van der Waals surface area contributed by atoms with Gasteiger partial charge in [0, 0.05) is 24.8 Å². The number of hydrogen-bond acceptors (Lipinski definition) is 3. The van der Waals surface area contributed by atoms with Crippen LogP contribution in [0.1, 0.15) is 17.5 Å². The van der Waals surface area contributed by atoms with Crippen molar-refractivity contribution in [2.45, 2.75) is 25.3 Å². The molecule has 0 aliphatic heterocycles. The molecular formula is C15H22ClNO2. The maximum atomic E-state index is 6.01. The SMILES string of the molecule is COCCOCCCNC1Cc2ccc(Cl)cc2C1. The predicted molar refractivity (Wildman–Crippen MR) is 78.0 cm³/mol. The minimum absolute atomic E-state index is 0.549. The molecule has 1 aromatic carbocycles. The third-order valence-corrected chi connectivity index (χ3v) is 3.67. The number of methoxy groups -OCH3 is 1. The molecule has 0 aromatic heterocycles. The number of fused-ring (bicyclic) bond motifs is 1. The van der Waals surface area contributed by atoms with Gasteiger partial charge in [-0.25, -0.2) is 0 Å². The molecule has 19 heavy (non-hydrogen) atoms. The summed E-state index contributed by atoms with van der Waals surface area (Å²) in [6.45, 7) is 3.15. The molecule has 0 amide bonds. The Hall–Kier alpha value is -0.610. The molecule has 1 aliphatic rings. The first kappa shape index (κ1) is 14.8. The topological polar surface area (TPSA) is 30.5 Å². The fraction of sp³-hybridized carbons (Fsp3) is 0.600. The number of nitrogens with one attached hydrogen (secondary N) is 1. The van der Waals surface area contributed by atoms with E-state index in [0.29, 0.717) is 19.3 Å².